The van der Waals surface area contributed by atoms with E-state index in [1.54, 1.807) is 13.8 Å². The fraction of sp³-hybridized carbons (Fsp3) is 0.538. The molecule has 7 nitrogen and oxygen atoms in total. The van der Waals surface area contributed by atoms with Gasteiger partial charge in [0.2, 0.25) is 0 Å². The molecule has 0 aliphatic heterocycles. The number of carboxylic acids is 1. The molecule has 0 saturated heterocycles. The van der Waals surface area contributed by atoms with Crippen LogP contribution in [-0.4, -0.2) is 34.9 Å². The summed E-state index contributed by atoms with van der Waals surface area (Å²) >= 11 is 0. The maximum atomic E-state index is 11.7. The molecular weight excluding hydrogens is 264 g/mol. The first-order chi connectivity index (χ1) is 9.35. The normalized spacial score (nSPS) is 13.6. The zero-order valence-corrected chi connectivity index (χ0v) is 11.8. The van der Waals surface area contributed by atoms with Gasteiger partial charge in [-0.3, -0.25) is 0 Å². The predicted octanol–water partition coefficient (Wildman–Crippen LogP) is 1.09. The van der Waals surface area contributed by atoms with Gasteiger partial charge in [-0.2, -0.15) is 0 Å². The van der Waals surface area contributed by atoms with Crippen LogP contribution >= 0.6 is 0 Å². The lowest BCUT2D eigenvalue weighted by Gasteiger charge is -2.17. The van der Waals surface area contributed by atoms with Gasteiger partial charge in [0.05, 0.1) is 6.04 Å². The number of amides is 2. The number of aliphatic hydroxyl groups excluding tert-OH is 1. The third-order valence-corrected chi connectivity index (χ3v) is 2.91. The van der Waals surface area contributed by atoms with E-state index in [0.29, 0.717) is 5.76 Å². The largest absolute Gasteiger partial charge is 0.480 e. The van der Waals surface area contributed by atoms with E-state index < -0.39 is 18.0 Å². The van der Waals surface area contributed by atoms with E-state index in [9.17, 15) is 9.59 Å². The SMILES string of the molecule is Cc1cc(C(C)NC(=O)N[C@@H](CCO)C(=O)O)c(C)o1. The number of aliphatic carboxylic acids is 1. The van der Waals surface area contributed by atoms with Crippen molar-refractivity contribution in [2.75, 3.05) is 6.61 Å². The van der Waals surface area contributed by atoms with E-state index in [-0.39, 0.29) is 19.1 Å². The Labute approximate surface area is 117 Å². The molecule has 0 aliphatic rings. The average Bonchev–Trinajstić information content (AvgIpc) is 2.67. The molecule has 0 aliphatic carbocycles. The third kappa shape index (κ3) is 4.27. The number of carbonyl (C=O) groups is 2. The minimum atomic E-state index is -1.18. The lowest BCUT2D eigenvalue weighted by Crippen LogP contribution is -2.47. The smallest absolute Gasteiger partial charge is 0.326 e. The van der Waals surface area contributed by atoms with Gasteiger partial charge in [-0.1, -0.05) is 0 Å². The molecule has 0 radical (unpaired) electrons. The van der Waals surface area contributed by atoms with Crippen LogP contribution in [0.1, 0.15) is 36.5 Å². The van der Waals surface area contributed by atoms with E-state index in [1.807, 2.05) is 13.0 Å². The first-order valence-corrected chi connectivity index (χ1v) is 6.32. The third-order valence-electron chi connectivity index (χ3n) is 2.91. The van der Waals surface area contributed by atoms with Crippen LogP contribution in [0.4, 0.5) is 4.79 Å². The molecule has 1 aromatic heterocycles. The van der Waals surface area contributed by atoms with Gasteiger partial charge in [-0.25, -0.2) is 9.59 Å². The van der Waals surface area contributed by atoms with Crippen LogP contribution < -0.4 is 10.6 Å². The van der Waals surface area contributed by atoms with Crippen molar-refractivity contribution in [3.05, 3.63) is 23.2 Å². The summed E-state index contributed by atoms with van der Waals surface area (Å²) in [6.07, 6.45) is -0.0407. The Kier molecular flexibility index (Phi) is 5.57. The highest BCUT2D eigenvalue weighted by Crippen LogP contribution is 2.20. The van der Waals surface area contributed by atoms with E-state index in [2.05, 4.69) is 10.6 Å². The van der Waals surface area contributed by atoms with Crippen molar-refractivity contribution < 1.29 is 24.2 Å². The van der Waals surface area contributed by atoms with Gasteiger partial charge in [0, 0.05) is 18.6 Å². The Bertz CT molecular complexity index is 483. The maximum absolute atomic E-state index is 11.7. The Morgan fingerprint density at radius 2 is 2.00 bits per heavy atom. The standard InChI is InChI=1S/C13H20N2O5/c1-7-6-10(9(3)20-7)8(2)14-13(19)15-11(4-5-16)12(17)18/h6,8,11,16H,4-5H2,1-3H3,(H,17,18)(H2,14,15,19)/t8?,11-/m0/s1. The van der Waals surface area contributed by atoms with Crippen LogP contribution in [0.15, 0.2) is 10.5 Å². The second-order valence-corrected chi connectivity index (χ2v) is 4.61. The molecule has 0 bridgehead atoms. The highest BCUT2D eigenvalue weighted by molar-refractivity contribution is 5.82. The fourth-order valence-electron chi connectivity index (χ4n) is 1.94. The molecule has 2 atom stereocenters. The number of rotatable bonds is 6. The summed E-state index contributed by atoms with van der Waals surface area (Å²) in [4.78, 5) is 22.6. The van der Waals surface area contributed by atoms with Crippen LogP contribution in [-0.2, 0) is 4.79 Å². The summed E-state index contributed by atoms with van der Waals surface area (Å²) in [6, 6.07) is -0.199. The van der Waals surface area contributed by atoms with Crippen molar-refractivity contribution in [1.29, 1.82) is 0 Å². The van der Waals surface area contributed by atoms with E-state index >= 15 is 0 Å². The van der Waals surface area contributed by atoms with Crippen molar-refractivity contribution >= 4 is 12.0 Å². The van der Waals surface area contributed by atoms with E-state index in [4.69, 9.17) is 14.6 Å². The molecule has 0 aromatic carbocycles. The molecule has 7 heteroatoms. The topological polar surface area (TPSA) is 112 Å². The Morgan fingerprint density at radius 1 is 1.35 bits per heavy atom. The van der Waals surface area contributed by atoms with Gasteiger partial charge >= 0.3 is 12.0 Å². The zero-order chi connectivity index (χ0) is 15.3. The number of nitrogens with one attached hydrogen (secondary N) is 2. The number of carboxylic acid groups (broad SMARTS) is 1. The van der Waals surface area contributed by atoms with Crippen LogP contribution in [0.3, 0.4) is 0 Å². The summed E-state index contributed by atoms with van der Waals surface area (Å²) in [6.45, 7) is 5.07. The van der Waals surface area contributed by atoms with Gasteiger partial charge in [0.25, 0.3) is 0 Å². The minimum Gasteiger partial charge on any atom is -0.480 e. The van der Waals surface area contributed by atoms with Gasteiger partial charge in [-0.05, 0) is 26.8 Å². The molecule has 0 spiro atoms. The fourth-order valence-corrected chi connectivity index (χ4v) is 1.94. The summed E-state index contributed by atoms with van der Waals surface area (Å²) in [5.74, 6) is 0.271. The molecular formula is C13H20N2O5. The molecule has 1 heterocycles. The van der Waals surface area contributed by atoms with Crippen molar-refractivity contribution in [1.82, 2.24) is 10.6 Å². The number of carbonyl (C=O) groups excluding carboxylic acids is 1. The highest BCUT2D eigenvalue weighted by Gasteiger charge is 2.21. The number of aliphatic hydroxyl groups is 1. The molecule has 1 unspecified atom stereocenters. The quantitative estimate of drug-likeness (QED) is 0.625. The van der Waals surface area contributed by atoms with Crippen LogP contribution in [0, 0.1) is 13.8 Å². The van der Waals surface area contributed by atoms with Crippen LogP contribution in [0.2, 0.25) is 0 Å². The van der Waals surface area contributed by atoms with Crippen LogP contribution in [0.25, 0.3) is 0 Å². The maximum Gasteiger partial charge on any atom is 0.326 e. The van der Waals surface area contributed by atoms with Crippen LogP contribution in [0.5, 0.6) is 0 Å². The molecule has 1 aromatic rings. The van der Waals surface area contributed by atoms with Crippen molar-refractivity contribution in [3.63, 3.8) is 0 Å². The zero-order valence-electron chi connectivity index (χ0n) is 11.8. The lowest BCUT2D eigenvalue weighted by molar-refractivity contribution is -0.139. The summed E-state index contributed by atoms with van der Waals surface area (Å²) in [7, 11) is 0. The first-order valence-electron chi connectivity index (χ1n) is 6.32. The average molecular weight is 284 g/mol. The van der Waals surface area contributed by atoms with E-state index in [0.717, 1.165) is 11.3 Å². The molecule has 112 valence electrons. The van der Waals surface area contributed by atoms with Crippen molar-refractivity contribution in [3.8, 4) is 0 Å². The summed E-state index contributed by atoms with van der Waals surface area (Å²) in [5.41, 5.74) is 0.840. The lowest BCUT2D eigenvalue weighted by atomic mass is 10.1. The second-order valence-electron chi connectivity index (χ2n) is 4.61. The van der Waals surface area contributed by atoms with Gasteiger partial charge in [-0.15, -0.1) is 0 Å². The van der Waals surface area contributed by atoms with Gasteiger partial charge in [0.1, 0.15) is 17.6 Å². The number of urea groups is 1. The van der Waals surface area contributed by atoms with Crippen molar-refractivity contribution in [2.24, 2.45) is 0 Å². The molecule has 20 heavy (non-hydrogen) atoms. The predicted molar refractivity (Wildman–Crippen MR) is 71.4 cm³/mol. The monoisotopic (exact) mass is 284 g/mol. The molecule has 4 N–H and O–H groups in total. The second kappa shape index (κ2) is 6.95. The summed E-state index contributed by atoms with van der Waals surface area (Å²) in [5, 5.41) is 22.6. The van der Waals surface area contributed by atoms with Gasteiger partial charge in [0.15, 0.2) is 0 Å². The van der Waals surface area contributed by atoms with Crippen molar-refractivity contribution in [2.45, 2.75) is 39.3 Å². The van der Waals surface area contributed by atoms with Gasteiger partial charge < -0.3 is 25.3 Å². The molecule has 1 rings (SSSR count). The minimum absolute atomic E-state index is 0.0407. The number of hydrogen-bond donors (Lipinski definition) is 4. The Morgan fingerprint density at radius 3 is 2.45 bits per heavy atom. The molecule has 0 saturated carbocycles. The highest BCUT2D eigenvalue weighted by atomic mass is 16.4. The van der Waals surface area contributed by atoms with E-state index in [1.165, 1.54) is 0 Å². The number of hydrogen-bond acceptors (Lipinski definition) is 4. The summed E-state index contributed by atoms with van der Waals surface area (Å²) < 4.78 is 5.38. The molecule has 2 amide bonds. The Balaban J connectivity index is 2.61. The Hall–Kier alpha value is -2.02. The first kappa shape index (κ1) is 16.0. The number of furan rings is 1. The number of aryl methyl sites for hydroxylation is 2. The molecule has 0 fully saturated rings.